The summed E-state index contributed by atoms with van der Waals surface area (Å²) in [4.78, 5) is 55.4. The maximum Gasteiger partial charge on any atom is 0.343 e. The van der Waals surface area contributed by atoms with E-state index >= 15 is 0 Å². The quantitative estimate of drug-likeness (QED) is 0.131. The molecule has 0 aliphatic carbocycles. The van der Waals surface area contributed by atoms with Crippen LogP contribution in [0.15, 0.2) is 108 Å². The number of hydrogen-bond donors (Lipinski definition) is 13. The Bertz CT molecular complexity index is 3470. The van der Waals surface area contributed by atoms with Crippen molar-refractivity contribution in [2.24, 2.45) is 23.5 Å². The Morgan fingerprint density at radius 1 is 0.705 bits per heavy atom. The number of nitrogens with zero attached hydrogens (tertiary/aromatic N) is 2. The maximum absolute atomic E-state index is 13.2. The molecule has 0 radical (unpaired) electrons. The average Bonchev–Trinajstić information content (AvgIpc) is 1.62. The summed E-state index contributed by atoms with van der Waals surface area (Å²) < 4.78 is 40.9. The second-order valence-corrected chi connectivity index (χ2v) is 25.5. The van der Waals surface area contributed by atoms with E-state index in [2.05, 4.69) is 0 Å². The number of esters is 2. The van der Waals surface area contributed by atoms with Gasteiger partial charge in [-0.25, -0.2) is 9.78 Å². The number of allylic oxidation sites excluding steroid dienone is 12. The van der Waals surface area contributed by atoms with Crippen molar-refractivity contribution >= 4 is 28.8 Å². The minimum absolute atomic E-state index is 0.113. The number of cyclic esters (lactones) is 2. The Morgan fingerprint density at radius 3 is 1.98 bits per heavy atom. The zero-order valence-corrected chi connectivity index (χ0v) is 54.0. The third-order valence-electron chi connectivity index (χ3n) is 18.5. The van der Waals surface area contributed by atoms with Crippen LogP contribution in [0, 0.1) is 24.7 Å². The Morgan fingerprint density at radius 2 is 1.34 bits per heavy atom. The van der Waals surface area contributed by atoms with Gasteiger partial charge in [0.05, 0.1) is 109 Å². The highest BCUT2D eigenvalue weighted by molar-refractivity contribution is 5.91. The second-order valence-electron chi connectivity index (χ2n) is 25.5. The summed E-state index contributed by atoms with van der Waals surface area (Å²) in [5.74, 6) is -6.23. The minimum atomic E-state index is -2.29. The largest absolute Gasteiger partial charge is 0.481 e. The van der Waals surface area contributed by atoms with E-state index in [1.54, 1.807) is 104 Å². The number of nitrogens with two attached hydrogens (primary N) is 1. The molecule has 14 N–H and O–H groups in total. The summed E-state index contributed by atoms with van der Waals surface area (Å²) in [6.45, 7) is 10.8. The fourth-order valence-corrected chi connectivity index (χ4v) is 12.6. The summed E-state index contributed by atoms with van der Waals surface area (Å²) in [5.41, 5.74) is 8.51. The third-order valence-corrected chi connectivity index (χ3v) is 18.5. The van der Waals surface area contributed by atoms with Crippen LogP contribution in [-0.2, 0) is 56.8 Å². The third kappa shape index (κ3) is 17.9. The van der Waals surface area contributed by atoms with Crippen molar-refractivity contribution in [1.29, 1.82) is 0 Å². The molecule has 520 valence electrons. The highest BCUT2D eigenvalue weighted by Gasteiger charge is 2.51. The zero-order chi connectivity index (χ0) is 69.2. The van der Waals surface area contributed by atoms with E-state index in [0.29, 0.717) is 40.6 Å². The van der Waals surface area contributed by atoms with Gasteiger partial charge >= 0.3 is 17.9 Å². The highest BCUT2D eigenvalue weighted by atomic mass is 16.7. The highest BCUT2D eigenvalue weighted by Crippen LogP contribution is 2.44. The van der Waals surface area contributed by atoms with Crippen LogP contribution in [0.25, 0.3) is 22.3 Å². The lowest BCUT2D eigenvalue weighted by Crippen LogP contribution is -2.61. The van der Waals surface area contributed by atoms with Gasteiger partial charge < -0.3 is 105 Å². The standard InChI is InChI=1S/C47H73NO17.C22H18N2O6/c1-27-17-15-13-11-9-7-5-6-8-10-12-14-16-18-34(64-46-44(58)41(48)43(57)30(4)63-46)24-38-40(45(59)60)37(54)26-47(61,65-38)25-33(51)21-31(49)19-20-35(52)36(53)22-32(50)23-39(55)62-29(3)28(2)42(27)56;1-3-22(27)14-5-16-19-12(7-24(16)20(25)13(14)8-28-21(22)26)10(2)11-4-17-18(30-9-29-17)6-15(11)23-19/h5-18,27-38,40-44,46,49-54,56-58,61H,19-26,48H2,1-4H3,(H,59,60);4-6,27H,3,7-9H2,1-2H3/b6-5+,9-7+,10-8+,13-11+,14-12+,17-15+,18-16+;/t27-,28+,29-,30+,31-,32+,33-,34-,35-,36-,37-,38-,40+,41-,42+,43+,44-,46-,47+;22-/m00/s1. The number of aromatic nitrogens is 2. The number of aliphatic hydroxyl groups is 11. The molecule has 2 bridgehead atoms. The number of carboxylic acids is 1. The van der Waals surface area contributed by atoms with Gasteiger partial charge in [0.15, 0.2) is 29.2 Å². The number of aliphatic carboxylic acids is 1. The van der Waals surface area contributed by atoms with Gasteiger partial charge in [0.2, 0.25) is 6.79 Å². The van der Waals surface area contributed by atoms with Crippen LogP contribution in [0.4, 0.5) is 0 Å². The molecule has 6 aliphatic heterocycles. The van der Waals surface area contributed by atoms with Crippen LogP contribution in [0.5, 0.6) is 11.5 Å². The number of carbonyl (C=O) groups excluding carboxylic acids is 2. The van der Waals surface area contributed by atoms with Gasteiger partial charge in [0.25, 0.3) is 5.56 Å². The lowest BCUT2D eigenvalue weighted by atomic mass is 9.82. The summed E-state index contributed by atoms with van der Waals surface area (Å²) in [6, 6.07) is 4.33. The van der Waals surface area contributed by atoms with Gasteiger partial charge in [-0.05, 0) is 64.2 Å². The van der Waals surface area contributed by atoms with Crippen molar-refractivity contribution < 1.29 is 109 Å². The van der Waals surface area contributed by atoms with Gasteiger partial charge in [-0.3, -0.25) is 14.4 Å². The average molecular weight is 1330 g/mol. The van der Waals surface area contributed by atoms with E-state index < -0.39 is 158 Å². The van der Waals surface area contributed by atoms with Crippen LogP contribution in [0.3, 0.4) is 0 Å². The first-order chi connectivity index (χ1) is 45.0. The number of aliphatic hydroxyl groups excluding tert-OH is 9. The first kappa shape index (κ1) is 74.0. The Hall–Kier alpha value is -6.83. The Balaban J connectivity index is 0.000000314. The lowest BCUT2D eigenvalue weighted by Gasteiger charge is -2.45. The first-order valence-corrected chi connectivity index (χ1v) is 32.1. The van der Waals surface area contributed by atoms with Crippen LogP contribution in [0.2, 0.25) is 0 Å². The van der Waals surface area contributed by atoms with Crippen LogP contribution in [0.1, 0.15) is 115 Å². The molecule has 0 spiro atoms. The monoisotopic (exact) mass is 1330 g/mol. The predicted molar refractivity (Wildman–Crippen MR) is 342 cm³/mol. The number of pyridine rings is 2. The van der Waals surface area contributed by atoms with E-state index in [1.807, 2.05) is 32.1 Å². The van der Waals surface area contributed by atoms with Crippen LogP contribution >= 0.6 is 0 Å². The molecule has 0 saturated carbocycles. The number of rotatable bonds is 4. The maximum atomic E-state index is 13.2. The topological polar surface area (TPSA) is 419 Å². The zero-order valence-electron chi connectivity index (χ0n) is 54.0. The van der Waals surface area contributed by atoms with Crippen molar-refractivity contribution in [2.45, 2.75) is 216 Å². The molecule has 2 saturated heterocycles. The van der Waals surface area contributed by atoms with E-state index in [1.165, 1.54) is 13.0 Å². The fourth-order valence-electron chi connectivity index (χ4n) is 12.6. The van der Waals surface area contributed by atoms with Gasteiger partial charge in [-0.1, -0.05) is 106 Å². The molecule has 26 nitrogen and oxygen atoms in total. The number of fused-ring (bicyclic) bond motifs is 8. The van der Waals surface area contributed by atoms with E-state index in [4.69, 9.17) is 43.9 Å². The van der Waals surface area contributed by atoms with Gasteiger partial charge in [-0.2, -0.15) is 0 Å². The molecule has 9 rings (SSSR count). The minimum Gasteiger partial charge on any atom is -0.481 e. The summed E-state index contributed by atoms with van der Waals surface area (Å²) in [7, 11) is 0. The summed E-state index contributed by atoms with van der Waals surface area (Å²) in [6.07, 6.45) is 3.66. The fraction of sp³-hybridized carbons (Fsp3) is 0.551. The number of ether oxygens (including phenoxy) is 7. The molecule has 1 aromatic carbocycles. The molecule has 26 heteroatoms. The number of carboxylic acid groups (broad SMARTS) is 1. The van der Waals surface area contributed by atoms with E-state index in [-0.39, 0.29) is 57.0 Å². The number of aryl methyl sites for hydroxylation is 1. The summed E-state index contributed by atoms with van der Waals surface area (Å²) >= 11 is 0. The summed E-state index contributed by atoms with van der Waals surface area (Å²) in [5, 5.41) is 130. The van der Waals surface area contributed by atoms with Crippen LogP contribution < -0.4 is 20.8 Å². The second kappa shape index (κ2) is 32.5. The SMILES string of the molecule is CC[C@@]1(O)C(=O)OCc2c1cc1n(c2=O)Cc2c-1nc1cc3c(cc1c2C)OCO3.C[C@H]1[C@H](O)[C@@H](C)/C=C/C=C/C=C/C=C/C=C/C=C/C=C/[C@H](O[C@@H]2O[C@H](C)[C@@H](O)[C@H](N)[C@@H]2O)C[C@@H]2O[C@](O)(C[C@@H](O)C[C@@H](O)CC[C@H](O)[C@@H](O)C[C@@H](O)CC(=O)O[C@H]1C)C[C@H](O)[C@H]2C(=O)O. The lowest BCUT2D eigenvalue weighted by molar-refractivity contribution is -0.308. The smallest absolute Gasteiger partial charge is 0.343 e. The molecular weight excluding hydrogens is 1240 g/mol. The predicted octanol–water partition coefficient (Wildman–Crippen LogP) is 2.83. The van der Waals surface area contributed by atoms with Crippen molar-refractivity contribution in [1.82, 2.24) is 9.55 Å². The molecule has 2 aromatic heterocycles. The van der Waals surface area contributed by atoms with Crippen molar-refractivity contribution in [3.05, 3.63) is 136 Å². The number of hydrogen-bond acceptors (Lipinski definition) is 24. The van der Waals surface area contributed by atoms with Crippen molar-refractivity contribution in [3.8, 4) is 22.9 Å². The molecule has 0 unspecified atom stereocenters. The number of benzene rings is 1. The molecule has 2 fully saturated rings. The van der Waals surface area contributed by atoms with E-state index in [0.717, 1.165) is 22.0 Å². The van der Waals surface area contributed by atoms with Gasteiger partial charge in [0, 0.05) is 60.1 Å². The number of carbonyl (C=O) groups is 3. The van der Waals surface area contributed by atoms with Crippen molar-refractivity contribution in [2.75, 3.05) is 6.79 Å². The molecule has 3 aromatic rings. The van der Waals surface area contributed by atoms with Crippen LogP contribution in [-0.4, -0.2) is 193 Å². The molecule has 95 heavy (non-hydrogen) atoms. The van der Waals surface area contributed by atoms with Crippen molar-refractivity contribution in [3.63, 3.8) is 0 Å². The molecule has 20 atom stereocenters. The Kier molecular flexibility index (Phi) is 25.3. The Labute approximate surface area is 549 Å². The normalized spacial score (nSPS) is 37.7. The molecule has 0 amide bonds. The van der Waals surface area contributed by atoms with Gasteiger partial charge in [-0.15, -0.1) is 0 Å². The molecule has 8 heterocycles. The molecular formula is C69H91N3O23. The first-order valence-electron chi connectivity index (χ1n) is 32.1. The molecule has 6 aliphatic rings. The van der Waals surface area contributed by atoms with Gasteiger partial charge in [0.1, 0.15) is 24.7 Å². The van der Waals surface area contributed by atoms with E-state index in [9.17, 15) is 80.5 Å².